The lowest BCUT2D eigenvalue weighted by atomic mass is 10.2. The van der Waals surface area contributed by atoms with Gasteiger partial charge in [-0.15, -0.1) is 0 Å². The molecule has 148 valence electrons. The Labute approximate surface area is 170 Å². The first-order valence-electron chi connectivity index (χ1n) is 9.64. The Hall–Kier alpha value is -2.60. The lowest BCUT2D eigenvalue weighted by Crippen LogP contribution is -2.46. The van der Waals surface area contributed by atoms with Gasteiger partial charge in [-0.25, -0.2) is 0 Å². The van der Waals surface area contributed by atoms with E-state index < -0.39 is 0 Å². The molecule has 0 saturated carbocycles. The fraction of sp³-hybridized carbons (Fsp3) is 0.381. The molecule has 0 bridgehead atoms. The van der Waals surface area contributed by atoms with Gasteiger partial charge in [0.2, 0.25) is 0 Å². The molecule has 1 fully saturated rings. The number of aromatic nitrogens is 2. The van der Waals surface area contributed by atoms with E-state index in [2.05, 4.69) is 33.0 Å². The predicted octanol–water partition coefficient (Wildman–Crippen LogP) is 4.34. The van der Waals surface area contributed by atoms with Gasteiger partial charge in [-0.1, -0.05) is 24.6 Å². The molecule has 0 unspecified atom stereocenters. The summed E-state index contributed by atoms with van der Waals surface area (Å²) in [5.41, 5.74) is 2.04. The number of piperazine rings is 1. The summed E-state index contributed by atoms with van der Waals surface area (Å²) in [5.74, 6) is 2.60. The number of nitrogens with zero attached hydrogens (tertiary/aromatic N) is 3. The van der Waals surface area contributed by atoms with E-state index in [1.54, 1.807) is 7.11 Å². The summed E-state index contributed by atoms with van der Waals surface area (Å²) in [6.45, 7) is 6.31. The second-order valence-corrected chi connectivity index (χ2v) is 7.30. The number of hydrogen-bond donors (Lipinski definition) is 1. The molecule has 1 aliphatic heterocycles. The third-order valence-electron chi connectivity index (χ3n) is 5.05. The molecule has 2 aromatic carbocycles. The number of fused-ring (bicyclic) bond motifs is 1. The Morgan fingerprint density at radius 1 is 1.11 bits per heavy atom. The highest BCUT2D eigenvalue weighted by atomic mass is 35.5. The topological polar surface area (TPSA) is 53.6 Å². The van der Waals surface area contributed by atoms with Crippen molar-refractivity contribution in [3.63, 3.8) is 0 Å². The lowest BCUT2D eigenvalue weighted by Gasteiger charge is -2.37. The molecule has 2 heterocycles. The molecule has 1 saturated heterocycles. The minimum atomic E-state index is 0.684. The van der Waals surface area contributed by atoms with E-state index in [0.29, 0.717) is 11.6 Å². The predicted molar refractivity (Wildman–Crippen MR) is 114 cm³/mol. The van der Waals surface area contributed by atoms with Crippen LogP contribution >= 0.6 is 11.6 Å². The number of ether oxygens (including phenoxy) is 2. The highest BCUT2D eigenvalue weighted by Crippen LogP contribution is 2.38. The van der Waals surface area contributed by atoms with Crippen LogP contribution in [0.4, 0.5) is 11.5 Å². The Bertz CT molecular complexity index is 951. The summed E-state index contributed by atoms with van der Waals surface area (Å²) in [7, 11) is 1.70. The van der Waals surface area contributed by atoms with E-state index >= 15 is 0 Å². The van der Waals surface area contributed by atoms with Gasteiger partial charge in [0.15, 0.2) is 17.3 Å². The third-order valence-corrected chi connectivity index (χ3v) is 5.28. The smallest absolute Gasteiger partial charge is 0.184 e. The van der Waals surface area contributed by atoms with Crippen molar-refractivity contribution < 1.29 is 9.47 Å². The zero-order chi connectivity index (χ0) is 19.5. The number of benzene rings is 2. The first-order valence-corrected chi connectivity index (χ1v) is 10.0. The van der Waals surface area contributed by atoms with Crippen LogP contribution < -0.4 is 19.3 Å². The summed E-state index contributed by atoms with van der Waals surface area (Å²) < 4.78 is 11.5. The van der Waals surface area contributed by atoms with E-state index in [-0.39, 0.29) is 0 Å². The Morgan fingerprint density at radius 3 is 2.64 bits per heavy atom. The molecule has 1 N–H and O–H groups in total. The van der Waals surface area contributed by atoms with Gasteiger partial charge in [0.25, 0.3) is 0 Å². The average Bonchev–Trinajstić information content (AvgIpc) is 3.15. The molecule has 0 atom stereocenters. The summed E-state index contributed by atoms with van der Waals surface area (Å²) in [6, 6.07) is 11.9. The van der Waals surface area contributed by atoms with E-state index in [1.165, 1.54) is 0 Å². The molecule has 6 nitrogen and oxygen atoms in total. The van der Waals surface area contributed by atoms with Crippen molar-refractivity contribution in [3.05, 3.63) is 41.4 Å². The molecule has 0 spiro atoms. The van der Waals surface area contributed by atoms with E-state index in [4.69, 9.17) is 21.1 Å². The number of halogens is 1. The largest absolute Gasteiger partial charge is 0.491 e. The quantitative estimate of drug-likeness (QED) is 0.667. The molecule has 7 heteroatoms. The summed E-state index contributed by atoms with van der Waals surface area (Å²) in [5, 5.41) is 9.42. The number of anilines is 2. The van der Waals surface area contributed by atoms with Crippen molar-refractivity contribution in [2.75, 3.05) is 49.7 Å². The molecule has 1 aliphatic rings. The van der Waals surface area contributed by atoms with E-state index in [1.807, 2.05) is 30.3 Å². The first-order chi connectivity index (χ1) is 13.7. The number of rotatable bonds is 6. The normalized spacial score (nSPS) is 14.5. The van der Waals surface area contributed by atoms with Gasteiger partial charge in [0, 0.05) is 36.6 Å². The minimum absolute atomic E-state index is 0.684. The van der Waals surface area contributed by atoms with Gasteiger partial charge < -0.3 is 19.3 Å². The van der Waals surface area contributed by atoms with Gasteiger partial charge in [0.05, 0.1) is 24.9 Å². The highest BCUT2D eigenvalue weighted by Gasteiger charge is 2.24. The van der Waals surface area contributed by atoms with Crippen LogP contribution in [0.25, 0.3) is 10.9 Å². The number of nitrogens with one attached hydrogen (secondary N) is 1. The van der Waals surface area contributed by atoms with Crippen LogP contribution in [0.1, 0.15) is 13.3 Å². The average molecular weight is 401 g/mol. The van der Waals surface area contributed by atoms with Gasteiger partial charge in [-0.2, -0.15) is 5.10 Å². The summed E-state index contributed by atoms with van der Waals surface area (Å²) in [4.78, 5) is 4.66. The van der Waals surface area contributed by atoms with Crippen molar-refractivity contribution in [3.8, 4) is 11.5 Å². The van der Waals surface area contributed by atoms with Crippen LogP contribution in [0.3, 0.4) is 0 Å². The molecule has 0 aliphatic carbocycles. The Balaban J connectivity index is 1.51. The van der Waals surface area contributed by atoms with Gasteiger partial charge in [-0.3, -0.25) is 5.10 Å². The Kier molecular flexibility index (Phi) is 5.48. The maximum absolute atomic E-state index is 6.08. The fourth-order valence-corrected chi connectivity index (χ4v) is 3.83. The van der Waals surface area contributed by atoms with Gasteiger partial charge >= 0.3 is 0 Å². The van der Waals surface area contributed by atoms with Crippen LogP contribution in [-0.2, 0) is 0 Å². The van der Waals surface area contributed by atoms with Crippen molar-refractivity contribution in [2.24, 2.45) is 0 Å². The SMILES string of the molecule is CCCOc1cccc(N2CCN(c3n[nH]c4cc(Cl)ccc34)CC2)c1OC. The monoisotopic (exact) mass is 400 g/mol. The number of aromatic amines is 1. The fourth-order valence-electron chi connectivity index (χ4n) is 3.66. The van der Waals surface area contributed by atoms with Crippen LogP contribution in [0.15, 0.2) is 36.4 Å². The zero-order valence-electron chi connectivity index (χ0n) is 16.2. The lowest BCUT2D eigenvalue weighted by molar-refractivity contribution is 0.294. The molecule has 1 aromatic heterocycles. The van der Waals surface area contributed by atoms with Crippen LogP contribution in [0.2, 0.25) is 5.02 Å². The molecule has 28 heavy (non-hydrogen) atoms. The van der Waals surface area contributed by atoms with Crippen molar-refractivity contribution in [1.82, 2.24) is 10.2 Å². The van der Waals surface area contributed by atoms with Gasteiger partial charge in [0.1, 0.15) is 0 Å². The minimum Gasteiger partial charge on any atom is -0.491 e. The van der Waals surface area contributed by atoms with Crippen molar-refractivity contribution in [2.45, 2.75) is 13.3 Å². The third kappa shape index (κ3) is 3.56. The standard InChI is InChI=1S/C21H25ClN4O2/c1-3-13-28-19-6-4-5-18(20(19)27-2)25-9-11-26(12-10-25)21-16-8-7-15(22)14-17(16)23-24-21/h4-8,14H,3,9-13H2,1-2H3,(H,23,24). The number of methoxy groups -OCH3 is 1. The highest BCUT2D eigenvalue weighted by molar-refractivity contribution is 6.31. The molecule has 0 radical (unpaired) electrons. The van der Waals surface area contributed by atoms with Crippen LogP contribution in [-0.4, -0.2) is 50.1 Å². The molecular weight excluding hydrogens is 376 g/mol. The Morgan fingerprint density at radius 2 is 1.89 bits per heavy atom. The summed E-state index contributed by atoms with van der Waals surface area (Å²) in [6.07, 6.45) is 0.967. The van der Waals surface area contributed by atoms with E-state index in [0.717, 1.165) is 66.5 Å². The zero-order valence-corrected chi connectivity index (χ0v) is 17.0. The van der Waals surface area contributed by atoms with E-state index in [9.17, 15) is 0 Å². The molecule has 4 rings (SSSR count). The molecule has 0 amide bonds. The van der Waals surface area contributed by atoms with Crippen LogP contribution in [0.5, 0.6) is 11.5 Å². The molecule has 3 aromatic rings. The van der Waals surface area contributed by atoms with Gasteiger partial charge in [-0.05, 0) is 36.8 Å². The second kappa shape index (κ2) is 8.19. The number of hydrogen-bond acceptors (Lipinski definition) is 5. The first kappa shape index (κ1) is 18.7. The summed E-state index contributed by atoms with van der Waals surface area (Å²) >= 11 is 6.08. The maximum Gasteiger partial charge on any atom is 0.184 e. The second-order valence-electron chi connectivity index (χ2n) is 6.87. The number of H-pyrrole nitrogens is 1. The molecular formula is C21H25ClN4O2. The van der Waals surface area contributed by atoms with Crippen molar-refractivity contribution in [1.29, 1.82) is 0 Å². The maximum atomic E-state index is 6.08. The van der Waals surface area contributed by atoms with Crippen molar-refractivity contribution >= 4 is 34.0 Å². The number of para-hydroxylation sites is 1. The van der Waals surface area contributed by atoms with Crippen LogP contribution in [0, 0.1) is 0 Å².